The molecule has 1 saturated heterocycles. The van der Waals surface area contributed by atoms with Gasteiger partial charge in [-0.2, -0.15) is 0 Å². The van der Waals surface area contributed by atoms with Crippen molar-refractivity contribution in [1.29, 1.82) is 0 Å². The third kappa shape index (κ3) is 7.54. The van der Waals surface area contributed by atoms with Crippen LogP contribution in [-0.4, -0.2) is 43.6 Å². The van der Waals surface area contributed by atoms with Crippen molar-refractivity contribution in [3.05, 3.63) is 0 Å². The van der Waals surface area contributed by atoms with Gasteiger partial charge in [0.05, 0.1) is 0 Å². The monoisotopic (exact) mass is 254 g/mol. The molecule has 0 spiro atoms. The number of nitrogens with two attached hydrogens (primary N) is 1. The highest BCUT2D eigenvalue weighted by atomic mass is 15.1. The van der Waals surface area contributed by atoms with E-state index >= 15 is 0 Å². The largest absolute Gasteiger partial charge is 0.370 e. The van der Waals surface area contributed by atoms with Crippen molar-refractivity contribution in [3.63, 3.8) is 0 Å². The van der Waals surface area contributed by atoms with Gasteiger partial charge in [-0.25, -0.2) is 0 Å². The van der Waals surface area contributed by atoms with E-state index in [1.54, 1.807) is 0 Å². The zero-order valence-corrected chi connectivity index (χ0v) is 12.0. The summed E-state index contributed by atoms with van der Waals surface area (Å²) in [5, 5.41) is 3.17. The summed E-state index contributed by atoms with van der Waals surface area (Å²) in [6.07, 6.45) is 9.06. The van der Waals surface area contributed by atoms with E-state index in [1.807, 2.05) is 0 Å². The average molecular weight is 254 g/mol. The fourth-order valence-corrected chi connectivity index (χ4v) is 2.32. The summed E-state index contributed by atoms with van der Waals surface area (Å²) in [7, 11) is 0. The van der Waals surface area contributed by atoms with E-state index in [2.05, 4.69) is 22.1 Å². The minimum absolute atomic E-state index is 0.605. The van der Waals surface area contributed by atoms with Gasteiger partial charge in [0.15, 0.2) is 5.96 Å². The van der Waals surface area contributed by atoms with Crippen molar-refractivity contribution in [2.75, 3.05) is 32.7 Å². The quantitative estimate of drug-likeness (QED) is 0.395. The van der Waals surface area contributed by atoms with Crippen LogP contribution < -0.4 is 11.1 Å². The lowest BCUT2D eigenvalue weighted by Gasteiger charge is -2.26. The predicted molar refractivity (Wildman–Crippen MR) is 78.9 cm³/mol. The standard InChI is InChI=1S/C14H30N4/c1-2-9-16-14(15)17-10-5-3-6-11-18-12-7-4-8-13-18/h2-13H2,1H3,(H3,15,16,17). The number of nitrogens with zero attached hydrogens (tertiary/aromatic N) is 2. The molecule has 1 aliphatic heterocycles. The molecule has 4 heteroatoms. The molecule has 0 amide bonds. The topological polar surface area (TPSA) is 53.6 Å². The normalized spacial score (nSPS) is 17.9. The second-order valence-electron chi connectivity index (χ2n) is 5.16. The number of likely N-dealkylation sites (tertiary alicyclic amines) is 1. The van der Waals surface area contributed by atoms with Crippen LogP contribution in [-0.2, 0) is 0 Å². The highest BCUT2D eigenvalue weighted by Crippen LogP contribution is 2.09. The highest BCUT2D eigenvalue weighted by molar-refractivity contribution is 5.77. The Kier molecular flexibility index (Phi) is 8.65. The summed E-state index contributed by atoms with van der Waals surface area (Å²) in [5.74, 6) is 0.605. The molecule has 1 fully saturated rings. The summed E-state index contributed by atoms with van der Waals surface area (Å²) < 4.78 is 0. The molecule has 0 aromatic heterocycles. The Hall–Kier alpha value is -0.770. The molecule has 106 valence electrons. The number of hydrogen-bond acceptors (Lipinski definition) is 2. The minimum atomic E-state index is 0.605. The van der Waals surface area contributed by atoms with Crippen LogP contribution in [0.4, 0.5) is 0 Å². The third-order valence-corrected chi connectivity index (χ3v) is 3.41. The summed E-state index contributed by atoms with van der Waals surface area (Å²) >= 11 is 0. The molecule has 0 aromatic rings. The number of nitrogens with one attached hydrogen (secondary N) is 1. The zero-order valence-electron chi connectivity index (χ0n) is 12.0. The van der Waals surface area contributed by atoms with Crippen LogP contribution in [0.15, 0.2) is 4.99 Å². The Morgan fingerprint density at radius 3 is 2.67 bits per heavy atom. The third-order valence-electron chi connectivity index (χ3n) is 3.41. The van der Waals surface area contributed by atoms with Gasteiger partial charge >= 0.3 is 0 Å². The first-order valence-electron chi connectivity index (χ1n) is 7.59. The van der Waals surface area contributed by atoms with Crippen LogP contribution in [0.3, 0.4) is 0 Å². The van der Waals surface area contributed by atoms with Crippen molar-refractivity contribution in [1.82, 2.24) is 10.2 Å². The zero-order chi connectivity index (χ0) is 13.1. The summed E-state index contributed by atoms with van der Waals surface area (Å²) in [5.41, 5.74) is 5.72. The van der Waals surface area contributed by atoms with Crippen molar-refractivity contribution >= 4 is 5.96 Å². The lowest BCUT2D eigenvalue weighted by atomic mass is 10.1. The van der Waals surface area contributed by atoms with E-state index in [4.69, 9.17) is 5.73 Å². The number of piperidine rings is 1. The van der Waals surface area contributed by atoms with Gasteiger partial charge in [-0.15, -0.1) is 0 Å². The predicted octanol–water partition coefficient (Wildman–Crippen LogP) is 1.96. The fourth-order valence-electron chi connectivity index (χ4n) is 2.32. The lowest BCUT2D eigenvalue weighted by Crippen LogP contribution is -2.33. The molecule has 0 saturated carbocycles. The molecule has 0 bridgehead atoms. The first-order valence-corrected chi connectivity index (χ1v) is 7.59. The van der Waals surface area contributed by atoms with Crippen molar-refractivity contribution in [2.24, 2.45) is 10.7 Å². The molecule has 0 unspecified atom stereocenters. The summed E-state index contributed by atoms with van der Waals surface area (Å²) in [6, 6.07) is 0. The smallest absolute Gasteiger partial charge is 0.188 e. The van der Waals surface area contributed by atoms with E-state index < -0.39 is 0 Å². The van der Waals surface area contributed by atoms with Crippen molar-refractivity contribution < 1.29 is 0 Å². The molecule has 3 N–H and O–H groups in total. The number of guanidine groups is 1. The average Bonchev–Trinajstić information content (AvgIpc) is 2.41. The lowest BCUT2D eigenvalue weighted by molar-refractivity contribution is 0.224. The number of rotatable bonds is 8. The first kappa shape index (κ1) is 15.3. The minimum Gasteiger partial charge on any atom is -0.370 e. The molecule has 0 atom stereocenters. The summed E-state index contributed by atoms with van der Waals surface area (Å²) in [6.45, 7) is 7.80. The second kappa shape index (κ2) is 10.2. The van der Waals surface area contributed by atoms with Gasteiger partial charge in [-0.3, -0.25) is 4.99 Å². The molecule has 0 radical (unpaired) electrons. The number of hydrogen-bond donors (Lipinski definition) is 2. The summed E-state index contributed by atoms with van der Waals surface area (Å²) in [4.78, 5) is 6.81. The highest BCUT2D eigenvalue weighted by Gasteiger charge is 2.08. The van der Waals surface area contributed by atoms with E-state index in [0.717, 1.165) is 19.5 Å². The Bertz CT molecular complexity index is 222. The maximum absolute atomic E-state index is 5.72. The first-order chi connectivity index (χ1) is 8.83. The van der Waals surface area contributed by atoms with Crippen molar-refractivity contribution in [2.45, 2.75) is 51.9 Å². The van der Waals surface area contributed by atoms with Gasteiger partial charge < -0.3 is 16.0 Å². The fraction of sp³-hybridized carbons (Fsp3) is 0.929. The van der Waals surface area contributed by atoms with Gasteiger partial charge in [0.2, 0.25) is 0 Å². The maximum atomic E-state index is 5.72. The van der Waals surface area contributed by atoms with Crippen LogP contribution in [0.1, 0.15) is 51.9 Å². The van der Waals surface area contributed by atoms with Crippen LogP contribution in [0.5, 0.6) is 0 Å². The maximum Gasteiger partial charge on any atom is 0.188 e. The molecule has 4 nitrogen and oxygen atoms in total. The molecular formula is C14H30N4. The van der Waals surface area contributed by atoms with Gasteiger partial charge in [0.25, 0.3) is 0 Å². The van der Waals surface area contributed by atoms with Crippen LogP contribution >= 0.6 is 0 Å². The Balaban J connectivity index is 1.89. The van der Waals surface area contributed by atoms with Crippen LogP contribution in [0.2, 0.25) is 0 Å². The Morgan fingerprint density at radius 1 is 1.17 bits per heavy atom. The molecule has 1 heterocycles. The van der Waals surface area contributed by atoms with Crippen LogP contribution in [0, 0.1) is 0 Å². The Morgan fingerprint density at radius 2 is 1.94 bits per heavy atom. The SMILES string of the molecule is CCCN=C(N)NCCCCCN1CCCCC1. The molecular weight excluding hydrogens is 224 g/mol. The van der Waals surface area contributed by atoms with Crippen molar-refractivity contribution in [3.8, 4) is 0 Å². The molecule has 0 aromatic carbocycles. The molecule has 1 rings (SSSR count). The van der Waals surface area contributed by atoms with Gasteiger partial charge in [-0.1, -0.05) is 19.8 Å². The molecule has 0 aliphatic carbocycles. The van der Waals surface area contributed by atoms with Gasteiger partial charge in [-0.05, 0) is 51.7 Å². The number of aliphatic imine (C=N–C) groups is 1. The van der Waals surface area contributed by atoms with E-state index in [-0.39, 0.29) is 0 Å². The Labute approximate surface area is 112 Å². The molecule has 18 heavy (non-hydrogen) atoms. The number of unbranched alkanes of at least 4 members (excludes halogenated alkanes) is 2. The van der Waals surface area contributed by atoms with E-state index in [1.165, 1.54) is 58.2 Å². The van der Waals surface area contributed by atoms with Crippen LogP contribution in [0.25, 0.3) is 0 Å². The van der Waals surface area contributed by atoms with E-state index in [9.17, 15) is 0 Å². The molecule has 1 aliphatic rings. The van der Waals surface area contributed by atoms with Gasteiger partial charge in [0, 0.05) is 13.1 Å². The van der Waals surface area contributed by atoms with Gasteiger partial charge in [0.1, 0.15) is 0 Å². The van der Waals surface area contributed by atoms with E-state index in [0.29, 0.717) is 5.96 Å². The second-order valence-corrected chi connectivity index (χ2v) is 5.16.